The molecule has 2 saturated carbocycles. The lowest BCUT2D eigenvalue weighted by Crippen LogP contribution is -2.30. The minimum Gasteiger partial charge on any atom is -0.497 e. The molecule has 2 unspecified atom stereocenters. The summed E-state index contributed by atoms with van der Waals surface area (Å²) < 4.78 is 66.3. The number of benzene rings is 2. The quantitative estimate of drug-likeness (QED) is 0.180. The molecular formula is C36H52N8O6S2. The Labute approximate surface area is 308 Å². The fourth-order valence-electron chi connectivity index (χ4n) is 5.64. The van der Waals surface area contributed by atoms with E-state index in [-0.39, 0.29) is 41.3 Å². The maximum absolute atomic E-state index is 14.0. The van der Waals surface area contributed by atoms with Gasteiger partial charge in [0.2, 0.25) is 0 Å². The van der Waals surface area contributed by atoms with Crippen LogP contribution in [0.3, 0.4) is 0 Å². The van der Waals surface area contributed by atoms with E-state index in [1.807, 2.05) is 97.9 Å². The Hall–Kier alpha value is -3.80. The number of hydrogen-bond acceptors (Lipinski definition) is 10. The van der Waals surface area contributed by atoms with Crippen molar-refractivity contribution in [3.8, 4) is 11.5 Å². The van der Waals surface area contributed by atoms with Crippen molar-refractivity contribution in [2.24, 2.45) is 5.14 Å². The summed E-state index contributed by atoms with van der Waals surface area (Å²) in [5.74, 6) is 1.45. The van der Waals surface area contributed by atoms with Gasteiger partial charge in [-0.1, -0.05) is 24.3 Å². The Morgan fingerprint density at radius 1 is 0.692 bits per heavy atom. The minimum absolute atomic E-state index is 0.0342. The number of sulfonamides is 2. The van der Waals surface area contributed by atoms with Gasteiger partial charge in [-0.25, -0.2) is 22.0 Å². The van der Waals surface area contributed by atoms with Crippen molar-refractivity contribution < 1.29 is 26.3 Å². The van der Waals surface area contributed by atoms with E-state index in [2.05, 4.69) is 22.0 Å². The van der Waals surface area contributed by atoms with Crippen LogP contribution in [0.25, 0.3) is 0 Å². The van der Waals surface area contributed by atoms with E-state index in [4.69, 9.17) is 14.6 Å². The number of aromatic nitrogens is 4. The molecule has 2 N–H and O–H groups in total. The second-order valence-electron chi connectivity index (χ2n) is 14.0. The van der Waals surface area contributed by atoms with Gasteiger partial charge in [0, 0.05) is 37.3 Å². The van der Waals surface area contributed by atoms with Crippen molar-refractivity contribution in [2.45, 2.75) is 86.8 Å². The highest BCUT2D eigenvalue weighted by molar-refractivity contribution is 7.89. The van der Waals surface area contributed by atoms with Gasteiger partial charge >= 0.3 is 0 Å². The van der Waals surface area contributed by atoms with Crippen LogP contribution in [0, 0.1) is 0 Å². The third-order valence-electron chi connectivity index (χ3n) is 9.61. The van der Waals surface area contributed by atoms with Crippen molar-refractivity contribution in [1.29, 1.82) is 0 Å². The van der Waals surface area contributed by atoms with Crippen LogP contribution >= 0.6 is 0 Å². The highest BCUT2D eigenvalue weighted by atomic mass is 32.2. The number of primary sulfonamides is 1. The average molecular weight is 757 g/mol. The zero-order chi connectivity index (χ0) is 38.0. The first kappa shape index (κ1) is 39.4. The number of methoxy groups -OCH3 is 2. The molecule has 2 atom stereocenters. The summed E-state index contributed by atoms with van der Waals surface area (Å²) in [6, 6.07) is 19.0. The molecular weight excluding hydrogens is 705 g/mol. The van der Waals surface area contributed by atoms with Gasteiger partial charge < -0.3 is 19.3 Å². The number of nitrogens with two attached hydrogens (primary N) is 1. The summed E-state index contributed by atoms with van der Waals surface area (Å²) in [6.45, 7) is 4.52. The molecule has 0 saturated heterocycles. The van der Waals surface area contributed by atoms with Gasteiger partial charge in [0.05, 0.1) is 37.7 Å². The highest BCUT2D eigenvalue weighted by Gasteiger charge is 2.35. The largest absolute Gasteiger partial charge is 0.497 e. The van der Waals surface area contributed by atoms with Crippen molar-refractivity contribution in [3.05, 3.63) is 83.2 Å². The Kier molecular flexibility index (Phi) is 12.2. The van der Waals surface area contributed by atoms with Crippen LogP contribution in [0.1, 0.15) is 86.2 Å². The third kappa shape index (κ3) is 9.40. The molecule has 14 nitrogen and oxygen atoms in total. The van der Waals surface area contributed by atoms with Gasteiger partial charge in [-0.2, -0.15) is 14.5 Å². The lowest BCUT2D eigenvalue weighted by Gasteiger charge is -2.22. The summed E-state index contributed by atoms with van der Waals surface area (Å²) >= 11 is 0. The summed E-state index contributed by atoms with van der Waals surface area (Å²) in [4.78, 5) is 4.08. The molecule has 2 fully saturated rings. The summed E-state index contributed by atoms with van der Waals surface area (Å²) in [5.41, 5.74) is 3.56. The Balaban J connectivity index is 0.000000257. The smallest absolute Gasteiger partial charge is 0.263 e. The first-order valence-electron chi connectivity index (χ1n) is 17.3. The van der Waals surface area contributed by atoms with Crippen molar-refractivity contribution >= 4 is 20.0 Å². The van der Waals surface area contributed by atoms with Gasteiger partial charge in [0.25, 0.3) is 20.0 Å². The monoisotopic (exact) mass is 756 g/mol. The van der Waals surface area contributed by atoms with Gasteiger partial charge in [0.15, 0.2) is 10.1 Å². The summed E-state index contributed by atoms with van der Waals surface area (Å²) in [5, 5.41) is 13.9. The molecule has 4 aromatic rings. The molecule has 2 heterocycles. The molecule has 2 aliphatic rings. The molecule has 2 aromatic heterocycles. The Bertz CT molecular complexity index is 1970. The van der Waals surface area contributed by atoms with Crippen LogP contribution in [0.4, 0.5) is 0 Å². The molecule has 0 amide bonds. The normalized spacial score (nSPS) is 16.2. The van der Waals surface area contributed by atoms with E-state index in [9.17, 15) is 16.8 Å². The predicted molar refractivity (Wildman–Crippen MR) is 199 cm³/mol. The van der Waals surface area contributed by atoms with Crippen molar-refractivity contribution in [3.63, 3.8) is 0 Å². The van der Waals surface area contributed by atoms with Crippen LogP contribution in [0.5, 0.6) is 11.5 Å². The van der Waals surface area contributed by atoms with Gasteiger partial charge in [0.1, 0.15) is 11.5 Å². The van der Waals surface area contributed by atoms with Crippen LogP contribution in [0.2, 0.25) is 0 Å². The lowest BCUT2D eigenvalue weighted by molar-refractivity contribution is 0.303. The number of rotatable bonds is 15. The van der Waals surface area contributed by atoms with E-state index in [1.54, 1.807) is 26.4 Å². The molecule has 0 radical (unpaired) electrons. The standard InChI is InChI=1S/C26H34N4O4S.C10H18N4O2S/c1-19(28(2)3)25-16-26(27-30(25)22-10-11-22)35(31,32)29(17-20-6-12-23(33-4)13-7-20)18-21-8-14-24(34-5)15-9-21;1-7(13(2)3)9-6-10(17(11,15)16)12-14(9)8-4-5-8/h6-9,12-16,19,22H,10-11,17-18H2,1-5H3;6-8H,4-5H2,1-3H3,(H2,11,15,16). The second kappa shape index (κ2) is 16.1. The summed E-state index contributed by atoms with van der Waals surface area (Å²) in [6.07, 6.45) is 4.16. The van der Waals surface area contributed by atoms with E-state index in [1.165, 1.54) is 4.31 Å². The Morgan fingerprint density at radius 2 is 1.06 bits per heavy atom. The number of nitrogens with zero attached hydrogens (tertiary/aromatic N) is 7. The second-order valence-corrected chi connectivity index (χ2v) is 17.4. The first-order chi connectivity index (χ1) is 24.5. The van der Waals surface area contributed by atoms with Gasteiger partial charge in [-0.15, -0.1) is 0 Å². The molecule has 0 spiro atoms. The first-order valence-corrected chi connectivity index (χ1v) is 20.3. The van der Waals surface area contributed by atoms with Crippen LogP contribution < -0.4 is 14.6 Å². The van der Waals surface area contributed by atoms with Crippen LogP contribution in [0.15, 0.2) is 70.7 Å². The fraction of sp³-hybridized carbons (Fsp3) is 0.500. The topological polar surface area (TPSA) is 158 Å². The van der Waals surface area contributed by atoms with Gasteiger partial charge in [-0.3, -0.25) is 9.36 Å². The average Bonchev–Trinajstić information content (AvgIpc) is 4.05. The Morgan fingerprint density at radius 3 is 1.38 bits per heavy atom. The predicted octanol–water partition coefficient (Wildman–Crippen LogP) is 4.74. The van der Waals surface area contributed by atoms with Crippen LogP contribution in [-0.4, -0.2) is 92.9 Å². The molecule has 284 valence electrons. The number of ether oxygens (including phenoxy) is 2. The molecule has 16 heteroatoms. The molecule has 0 aliphatic heterocycles. The van der Waals surface area contributed by atoms with E-state index >= 15 is 0 Å². The molecule has 6 rings (SSSR count). The maximum atomic E-state index is 14.0. The lowest BCUT2D eigenvalue weighted by atomic mass is 10.2. The van der Waals surface area contributed by atoms with Crippen molar-refractivity contribution in [2.75, 3.05) is 42.4 Å². The third-order valence-corrected chi connectivity index (χ3v) is 12.1. The van der Waals surface area contributed by atoms with E-state index < -0.39 is 20.0 Å². The maximum Gasteiger partial charge on any atom is 0.263 e. The molecule has 0 bridgehead atoms. The summed E-state index contributed by atoms with van der Waals surface area (Å²) in [7, 11) is 3.50. The molecule has 2 aromatic carbocycles. The zero-order valence-electron chi connectivity index (χ0n) is 31.3. The zero-order valence-corrected chi connectivity index (χ0v) is 32.9. The number of hydrogen-bond donors (Lipinski definition) is 1. The van der Waals surface area contributed by atoms with E-state index in [0.717, 1.165) is 59.7 Å². The van der Waals surface area contributed by atoms with E-state index in [0.29, 0.717) is 6.04 Å². The fourth-order valence-corrected chi connectivity index (χ4v) is 7.49. The minimum atomic E-state index is -3.88. The highest BCUT2D eigenvalue weighted by Crippen LogP contribution is 2.39. The SMILES string of the molecule is CC(c1cc(S(N)(=O)=O)nn1C1CC1)N(C)C.COc1ccc(CN(Cc2ccc(OC)cc2)S(=O)(=O)c2cc(C(C)N(C)C)n(C3CC3)n2)cc1. The van der Waals surface area contributed by atoms with Gasteiger partial charge in [-0.05, 0) is 103 Å². The van der Waals surface area contributed by atoms with Crippen LogP contribution in [-0.2, 0) is 33.1 Å². The van der Waals surface area contributed by atoms with Crippen molar-refractivity contribution in [1.82, 2.24) is 33.7 Å². The molecule has 52 heavy (non-hydrogen) atoms. The molecule has 2 aliphatic carbocycles.